The molecule has 0 bridgehead atoms. The summed E-state index contributed by atoms with van der Waals surface area (Å²) < 4.78 is 0. The third-order valence-electron chi connectivity index (χ3n) is 3.28. The molecule has 0 aliphatic carbocycles. The summed E-state index contributed by atoms with van der Waals surface area (Å²) in [6, 6.07) is 5.00. The van der Waals surface area contributed by atoms with Gasteiger partial charge < -0.3 is 10.6 Å². The molecule has 2 N–H and O–H groups in total. The van der Waals surface area contributed by atoms with E-state index in [1.807, 2.05) is 17.8 Å². The number of non-ortho nitro benzene ring substituents is 1. The summed E-state index contributed by atoms with van der Waals surface area (Å²) in [7, 11) is 1.76. The van der Waals surface area contributed by atoms with Crippen molar-refractivity contribution in [3.8, 4) is 0 Å². The quantitative estimate of drug-likeness (QED) is 0.619. The number of nitro groups is 1. The average Bonchev–Trinajstić information content (AvgIpc) is 2.48. The Morgan fingerprint density at radius 1 is 1.30 bits per heavy atom. The van der Waals surface area contributed by atoms with E-state index in [0.717, 1.165) is 37.6 Å². The number of rotatable bonds is 6. The lowest BCUT2D eigenvalue weighted by molar-refractivity contribution is -0.384. The van der Waals surface area contributed by atoms with Gasteiger partial charge in [-0.1, -0.05) is 0 Å². The Balaban J connectivity index is 1.91. The highest BCUT2D eigenvalue weighted by Gasteiger charge is 2.11. The second-order valence-corrected chi connectivity index (χ2v) is 5.88. The van der Waals surface area contributed by atoms with Crippen LogP contribution in [-0.4, -0.2) is 54.6 Å². The van der Waals surface area contributed by atoms with Crippen molar-refractivity contribution in [3.63, 3.8) is 0 Å². The number of nitro benzene ring substituents is 1. The zero-order chi connectivity index (χ0) is 14.4. The third kappa shape index (κ3) is 4.28. The van der Waals surface area contributed by atoms with E-state index < -0.39 is 0 Å². The maximum atomic E-state index is 10.9. The Bertz CT molecular complexity index is 464. The van der Waals surface area contributed by atoms with E-state index in [9.17, 15) is 10.1 Å². The zero-order valence-corrected chi connectivity index (χ0v) is 12.4. The molecule has 0 unspecified atom stereocenters. The maximum absolute atomic E-state index is 10.9. The van der Waals surface area contributed by atoms with Crippen molar-refractivity contribution in [1.82, 2.24) is 4.90 Å². The molecule has 0 saturated carbocycles. The lowest BCUT2D eigenvalue weighted by atomic mass is 10.2. The molecule has 0 amide bonds. The highest BCUT2D eigenvalue weighted by molar-refractivity contribution is 7.99. The predicted octanol–water partition coefficient (Wildman–Crippen LogP) is 2.10. The van der Waals surface area contributed by atoms with Crippen LogP contribution in [0.25, 0.3) is 0 Å². The molecular formula is C13H20N4O2S. The number of hydrogen-bond acceptors (Lipinski definition) is 6. The number of anilines is 2. The predicted molar refractivity (Wildman–Crippen MR) is 84.9 cm³/mol. The summed E-state index contributed by atoms with van der Waals surface area (Å²) in [6.07, 6.45) is 0. The Hall–Kier alpha value is -1.47. The number of nitrogens with one attached hydrogen (secondary N) is 2. The number of nitrogens with zero attached hydrogens (tertiary/aromatic N) is 2. The van der Waals surface area contributed by atoms with E-state index in [0.29, 0.717) is 0 Å². The average molecular weight is 296 g/mol. The molecule has 110 valence electrons. The van der Waals surface area contributed by atoms with Gasteiger partial charge >= 0.3 is 0 Å². The van der Waals surface area contributed by atoms with Crippen molar-refractivity contribution in [2.75, 3.05) is 55.4 Å². The topological polar surface area (TPSA) is 70.4 Å². The molecule has 0 aromatic heterocycles. The maximum Gasteiger partial charge on any atom is 0.273 e. The number of hydrogen-bond donors (Lipinski definition) is 2. The lowest BCUT2D eigenvalue weighted by Crippen LogP contribution is -2.36. The SMILES string of the molecule is CNc1cc(NCCN2CCSCC2)cc([N+](=O)[O-])c1. The van der Waals surface area contributed by atoms with Gasteiger partial charge in [0.05, 0.1) is 4.92 Å². The van der Waals surface area contributed by atoms with Crippen molar-refractivity contribution in [2.24, 2.45) is 0 Å². The van der Waals surface area contributed by atoms with Gasteiger partial charge in [0, 0.05) is 68.2 Å². The minimum absolute atomic E-state index is 0.105. The molecule has 1 aliphatic heterocycles. The van der Waals surface area contributed by atoms with E-state index in [1.165, 1.54) is 17.6 Å². The fraction of sp³-hybridized carbons (Fsp3) is 0.538. The Morgan fingerprint density at radius 3 is 2.65 bits per heavy atom. The summed E-state index contributed by atoms with van der Waals surface area (Å²) in [5, 5.41) is 17.1. The van der Waals surface area contributed by atoms with Crippen LogP contribution in [0.15, 0.2) is 18.2 Å². The molecule has 0 spiro atoms. The largest absolute Gasteiger partial charge is 0.388 e. The summed E-state index contributed by atoms with van der Waals surface area (Å²) in [4.78, 5) is 12.9. The minimum atomic E-state index is -0.367. The molecule has 6 nitrogen and oxygen atoms in total. The Kier molecular flexibility index (Phi) is 5.49. The highest BCUT2D eigenvalue weighted by atomic mass is 32.2. The molecule has 0 atom stereocenters. The van der Waals surface area contributed by atoms with Crippen LogP contribution in [0.1, 0.15) is 0 Å². The molecule has 2 rings (SSSR count). The summed E-state index contributed by atoms with van der Waals surface area (Å²) in [5.41, 5.74) is 1.64. The van der Waals surface area contributed by atoms with Gasteiger partial charge in [-0.15, -0.1) is 0 Å². The van der Waals surface area contributed by atoms with E-state index in [2.05, 4.69) is 15.5 Å². The van der Waals surface area contributed by atoms with Crippen LogP contribution in [0.2, 0.25) is 0 Å². The summed E-state index contributed by atoms with van der Waals surface area (Å²) in [6.45, 7) is 4.03. The minimum Gasteiger partial charge on any atom is -0.388 e. The first-order valence-corrected chi connectivity index (χ1v) is 7.86. The van der Waals surface area contributed by atoms with E-state index >= 15 is 0 Å². The molecule has 20 heavy (non-hydrogen) atoms. The van der Waals surface area contributed by atoms with Crippen LogP contribution >= 0.6 is 11.8 Å². The third-order valence-corrected chi connectivity index (χ3v) is 4.22. The molecule has 1 aromatic rings. The normalized spacial score (nSPS) is 15.8. The highest BCUT2D eigenvalue weighted by Crippen LogP contribution is 2.23. The summed E-state index contributed by atoms with van der Waals surface area (Å²) in [5.74, 6) is 2.39. The Labute approximate surface area is 123 Å². The molecule has 1 heterocycles. The van der Waals surface area contributed by atoms with Gasteiger partial charge in [-0.2, -0.15) is 11.8 Å². The molecular weight excluding hydrogens is 276 g/mol. The van der Waals surface area contributed by atoms with Crippen LogP contribution in [0.5, 0.6) is 0 Å². The van der Waals surface area contributed by atoms with Gasteiger partial charge in [0.25, 0.3) is 5.69 Å². The molecule has 1 saturated heterocycles. The first-order valence-electron chi connectivity index (χ1n) is 6.70. The van der Waals surface area contributed by atoms with Crippen LogP contribution in [0, 0.1) is 10.1 Å². The van der Waals surface area contributed by atoms with Crippen LogP contribution in [0.3, 0.4) is 0 Å². The molecule has 1 aliphatic rings. The fourth-order valence-electron chi connectivity index (χ4n) is 2.15. The number of thioether (sulfide) groups is 1. The van der Waals surface area contributed by atoms with Crippen molar-refractivity contribution in [3.05, 3.63) is 28.3 Å². The van der Waals surface area contributed by atoms with E-state index in [-0.39, 0.29) is 10.6 Å². The van der Waals surface area contributed by atoms with Crippen LogP contribution < -0.4 is 10.6 Å². The van der Waals surface area contributed by atoms with E-state index in [4.69, 9.17) is 0 Å². The van der Waals surface area contributed by atoms with Crippen molar-refractivity contribution < 1.29 is 4.92 Å². The van der Waals surface area contributed by atoms with Gasteiger partial charge in [-0.05, 0) is 6.07 Å². The second-order valence-electron chi connectivity index (χ2n) is 4.66. The molecule has 1 aromatic carbocycles. The van der Waals surface area contributed by atoms with Crippen molar-refractivity contribution in [1.29, 1.82) is 0 Å². The summed E-state index contributed by atoms with van der Waals surface area (Å²) >= 11 is 1.99. The Morgan fingerprint density at radius 2 is 2.00 bits per heavy atom. The molecule has 0 radical (unpaired) electrons. The van der Waals surface area contributed by atoms with Crippen molar-refractivity contribution >= 4 is 28.8 Å². The van der Waals surface area contributed by atoms with Gasteiger partial charge in [0.15, 0.2) is 0 Å². The van der Waals surface area contributed by atoms with Crippen LogP contribution in [0.4, 0.5) is 17.1 Å². The smallest absolute Gasteiger partial charge is 0.273 e. The second kappa shape index (κ2) is 7.35. The monoisotopic (exact) mass is 296 g/mol. The lowest BCUT2D eigenvalue weighted by Gasteiger charge is -2.26. The van der Waals surface area contributed by atoms with Gasteiger partial charge in [0.1, 0.15) is 0 Å². The zero-order valence-electron chi connectivity index (χ0n) is 11.6. The first kappa shape index (κ1) is 14.9. The van der Waals surface area contributed by atoms with Crippen molar-refractivity contribution in [2.45, 2.75) is 0 Å². The van der Waals surface area contributed by atoms with Gasteiger partial charge in [-0.25, -0.2) is 0 Å². The van der Waals surface area contributed by atoms with E-state index in [1.54, 1.807) is 13.1 Å². The standard InChI is InChI=1S/C13H20N4O2S/c1-14-11-8-12(10-13(9-11)17(18)19)15-2-3-16-4-6-20-7-5-16/h8-10,14-15H,2-7H2,1H3. The molecule has 1 fully saturated rings. The van der Waals surface area contributed by atoms with Gasteiger partial charge in [0.2, 0.25) is 0 Å². The number of benzene rings is 1. The van der Waals surface area contributed by atoms with Gasteiger partial charge in [-0.3, -0.25) is 15.0 Å². The molecule has 7 heteroatoms. The van der Waals surface area contributed by atoms with Crippen LogP contribution in [-0.2, 0) is 0 Å². The first-order chi connectivity index (χ1) is 9.69. The fourth-order valence-corrected chi connectivity index (χ4v) is 3.12.